The third-order valence-electron chi connectivity index (χ3n) is 4.75. The maximum Gasteiger partial charge on any atom is 0.250 e. The first-order valence-electron chi connectivity index (χ1n) is 8.91. The highest BCUT2D eigenvalue weighted by atomic mass is 16.2. The van der Waals surface area contributed by atoms with Crippen molar-refractivity contribution in [1.82, 2.24) is 10.2 Å². The molecule has 0 spiro atoms. The van der Waals surface area contributed by atoms with Crippen LogP contribution in [0.4, 0.5) is 0 Å². The second-order valence-electron chi connectivity index (χ2n) is 6.64. The summed E-state index contributed by atoms with van der Waals surface area (Å²) in [5, 5.41) is 2.97. The van der Waals surface area contributed by atoms with Gasteiger partial charge in [0.2, 0.25) is 11.8 Å². The highest BCUT2D eigenvalue weighted by molar-refractivity contribution is 6.17. The lowest BCUT2D eigenvalue weighted by molar-refractivity contribution is -0.137. The van der Waals surface area contributed by atoms with Crippen LogP contribution in [0.5, 0.6) is 0 Å². The quantitative estimate of drug-likeness (QED) is 0.642. The largest absolute Gasteiger partial charge is 0.340 e. The van der Waals surface area contributed by atoms with Gasteiger partial charge in [-0.1, -0.05) is 48.6 Å². The molecule has 2 aliphatic rings. The maximum atomic E-state index is 13.2. The van der Waals surface area contributed by atoms with Crippen molar-refractivity contribution in [2.75, 3.05) is 6.54 Å². The Morgan fingerprint density at radius 1 is 1.16 bits per heavy atom. The molecule has 0 bridgehead atoms. The zero-order valence-electron chi connectivity index (χ0n) is 14.3. The number of amides is 2. The van der Waals surface area contributed by atoms with Gasteiger partial charge in [-0.05, 0) is 31.2 Å². The Hall–Kier alpha value is -2.30. The van der Waals surface area contributed by atoms with Gasteiger partial charge in [0.1, 0.15) is 13.9 Å². The Balaban J connectivity index is 1.79. The van der Waals surface area contributed by atoms with E-state index in [2.05, 4.69) is 5.32 Å². The monoisotopic (exact) mass is 334 g/mol. The normalized spacial score (nSPS) is 21.8. The molecule has 1 aromatic carbocycles. The van der Waals surface area contributed by atoms with Crippen molar-refractivity contribution >= 4 is 19.7 Å². The molecular weight excluding hydrogens is 311 g/mol. The highest BCUT2D eigenvalue weighted by Gasteiger charge is 2.36. The lowest BCUT2D eigenvalue weighted by atomic mass is 10.0. The van der Waals surface area contributed by atoms with E-state index >= 15 is 0 Å². The van der Waals surface area contributed by atoms with E-state index in [1.807, 2.05) is 47.4 Å². The minimum Gasteiger partial charge on any atom is -0.340 e. The zero-order chi connectivity index (χ0) is 17.6. The molecule has 1 saturated carbocycles. The second-order valence-corrected chi connectivity index (χ2v) is 6.64. The van der Waals surface area contributed by atoms with Crippen LogP contribution < -0.4 is 5.32 Å². The molecule has 4 nitrogen and oxygen atoms in total. The highest BCUT2D eigenvalue weighted by Crippen LogP contribution is 2.31. The third-order valence-corrected chi connectivity index (χ3v) is 4.75. The van der Waals surface area contributed by atoms with Gasteiger partial charge in [-0.3, -0.25) is 9.59 Å². The number of carbonyl (C=O) groups is 2. The number of likely N-dealkylation sites (tertiary alicyclic amines) is 1. The smallest absolute Gasteiger partial charge is 0.250 e. The van der Waals surface area contributed by atoms with Crippen LogP contribution in [0.2, 0.25) is 0 Å². The molecule has 1 aromatic rings. The lowest BCUT2D eigenvalue weighted by Gasteiger charge is -2.28. The first-order chi connectivity index (χ1) is 12.2. The van der Waals surface area contributed by atoms with Crippen molar-refractivity contribution in [2.45, 2.75) is 37.8 Å². The molecule has 1 saturated heterocycles. The molecule has 25 heavy (non-hydrogen) atoms. The van der Waals surface area contributed by atoms with E-state index in [1.165, 1.54) is 5.98 Å². The summed E-state index contributed by atoms with van der Waals surface area (Å²) in [5.74, 6) is 1.49. The number of benzene rings is 1. The summed E-state index contributed by atoms with van der Waals surface area (Å²) in [6, 6.07) is 8.93. The Morgan fingerprint density at radius 2 is 1.92 bits per heavy atom. The average molecular weight is 334 g/mol. The maximum absolute atomic E-state index is 13.2. The number of hydrogen-bond donors (Lipinski definition) is 1. The van der Waals surface area contributed by atoms with Crippen molar-refractivity contribution in [3.8, 4) is 0 Å². The van der Waals surface area contributed by atoms with Crippen LogP contribution in [-0.2, 0) is 9.59 Å². The zero-order valence-corrected chi connectivity index (χ0v) is 14.3. The molecule has 0 unspecified atom stereocenters. The van der Waals surface area contributed by atoms with E-state index in [1.54, 1.807) is 6.08 Å². The van der Waals surface area contributed by atoms with Crippen LogP contribution in [0.3, 0.4) is 0 Å². The SMILES string of the molecule is [B]C=CC=C[C@@H]1CCCN1C(=O)[C@H](NC(=O)C1CC1)c1ccccc1. The molecule has 1 N–H and O–H groups in total. The van der Waals surface area contributed by atoms with E-state index in [0.29, 0.717) is 6.54 Å². The van der Waals surface area contributed by atoms with Crippen molar-refractivity contribution in [1.29, 1.82) is 0 Å². The van der Waals surface area contributed by atoms with Crippen LogP contribution in [0, 0.1) is 5.92 Å². The Kier molecular flexibility index (Phi) is 5.74. The van der Waals surface area contributed by atoms with Crippen molar-refractivity contribution in [2.24, 2.45) is 5.92 Å². The van der Waals surface area contributed by atoms with Crippen molar-refractivity contribution < 1.29 is 9.59 Å². The predicted molar refractivity (Wildman–Crippen MR) is 98.8 cm³/mol. The number of carbonyl (C=O) groups excluding carboxylic acids is 2. The molecule has 2 atom stereocenters. The van der Waals surface area contributed by atoms with Gasteiger partial charge in [0, 0.05) is 12.5 Å². The van der Waals surface area contributed by atoms with Crippen LogP contribution in [0.25, 0.3) is 0 Å². The van der Waals surface area contributed by atoms with Crippen molar-refractivity contribution in [3.63, 3.8) is 0 Å². The van der Waals surface area contributed by atoms with Gasteiger partial charge < -0.3 is 10.2 Å². The molecule has 128 valence electrons. The second kappa shape index (κ2) is 8.19. The van der Waals surface area contributed by atoms with E-state index in [4.69, 9.17) is 7.85 Å². The van der Waals surface area contributed by atoms with E-state index in [-0.39, 0.29) is 23.8 Å². The lowest BCUT2D eigenvalue weighted by Crippen LogP contribution is -2.44. The van der Waals surface area contributed by atoms with E-state index in [9.17, 15) is 9.59 Å². The van der Waals surface area contributed by atoms with Gasteiger partial charge in [0.05, 0.1) is 6.04 Å². The summed E-state index contributed by atoms with van der Waals surface area (Å²) in [5.41, 5.74) is 0.831. The van der Waals surface area contributed by atoms with Gasteiger partial charge in [0.25, 0.3) is 0 Å². The predicted octanol–water partition coefficient (Wildman–Crippen LogP) is 2.48. The summed E-state index contributed by atoms with van der Waals surface area (Å²) in [7, 11) is 5.36. The summed E-state index contributed by atoms with van der Waals surface area (Å²) in [6.45, 7) is 0.711. The summed E-state index contributed by atoms with van der Waals surface area (Å²) >= 11 is 0. The third kappa shape index (κ3) is 4.41. The minimum atomic E-state index is -0.617. The fraction of sp³-hybridized carbons (Fsp3) is 0.400. The first kappa shape index (κ1) is 17.5. The number of nitrogens with one attached hydrogen (secondary N) is 1. The molecular formula is C20H23BN2O2. The first-order valence-corrected chi connectivity index (χ1v) is 8.91. The molecule has 5 heteroatoms. The van der Waals surface area contributed by atoms with Crippen LogP contribution in [0.1, 0.15) is 37.3 Å². The van der Waals surface area contributed by atoms with Crippen LogP contribution >= 0.6 is 0 Å². The van der Waals surface area contributed by atoms with Crippen LogP contribution in [0.15, 0.2) is 54.5 Å². The minimum absolute atomic E-state index is 0.0143. The molecule has 1 aliphatic heterocycles. The number of rotatable bonds is 6. The van der Waals surface area contributed by atoms with E-state index < -0.39 is 6.04 Å². The van der Waals surface area contributed by atoms with Crippen LogP contribution in [-0.4, -0.2) is 37.1 Å². The number of hydrogen-bond acceptors (Lipinski definition) is 2. The number of nitrogens with zero attached hydrogens (tertiary/aromatic N) is 1. The Labute approximate surface area is 150 Å². The molecule has 0 aromatic heterocycles. The fourth-order valence-corrected chi connectivity index (χ4v) is 3.23. The van der Waals surface area contributed by atoms with Gasteiger partial charge in [-0.2, -0.15) is 0 Å². The summed E-state index contributed by atoms with van der Waals surface area (Å²) < 4.78 is 0. The van der Waals surface area contributed by atoms with Crippen molar-refractivity contribution in [3.05, 3.63) is 60.1 Å². The molecule has 1 heterocycles. The molecule has 2 amide bonds. The topological polar surface area (TPSA) is 49.4 Å². The fourth-order valence-electron chi connectivity index (χ4n) is 3.23. The van der Waals surface area contributed by atoms with E-state index in [0.717, 1.165) is 31.2 Å². The van der Waals surface area contributed by atoms with Gasteiger partial charge in [-0.25, -0.2) is 0 Å². The standard InChI is InChI=1S/C20H23BN2O2/c21-13-5-4-9-17-10-6-14-23(17)20(25)18(15-7-2-1-3-8-15)22-19(24)16-11-12-16/h1-5,7-9,13,16-18H,6,10-12,14H2,(H,22,24)/t17-,18-/m1/s1. The summed E-state index contributed by atoms with van der Waals surface area (Å²) in [4.78, 5) is 27.4. The Morgan fingerprint density at radius 3 is 2.60 bits per heavy atom. The Bertz CT molecular complexity index is 668. The molecule has 2 fully saturated rings. The average Bonchev–Trinajstić information content (AvgIpc) is 3.39. The molecule has 2 radical (unpaired) electrons. The van der Waals surface area contributed by atoms with Gasteiger partial charge in [-0.15, -0.1) is 5.98 Å². The number of allylic oxidation sites excluding steroid dienone is 2. The molecule has 1 aliphatic carbocycles. The van der Waals surface area contributed by atoms with Gasteiger partial charge >= 0.3 is 0 Å². The molecule has 3 rings (SSSR count). The van der Waals surface area contributed by atoms with Gasteiger partial charge in [0.15, 0.2) is 0 Å². The summed E-state index contributed by atoms with van der Waals surface area (Å²) in [6.07, 6.45) is 9.36.